The summed E-state index contributed by atoms with van der Waals surface area (Å²) in [4.78, 5) is 18.2. The lowest BCUT2D eigenvalue weighted by Gasteiger charge is -2.14. The lowest BCUT2D eigenvalue weighted by atomic mass is 10.1. The van der Waals surface area contributed by atoms with Gasteiger partial charge in [-0.05, 0) is 31.0 Å². The predicted octanol–water partition coefficient (Wildman–Crippen LogP) is 2.25. The van der Waals surface area contributed by atoms with E-state index in [1.165, 1.54) is 6.26 Å². The first kappa shape index (κ1) is 12.2. The van der Waals surface area contributed by atoms with Crippen molar-refractivity contribution in [1.29, 1.82) is 0 Å². The fourth-order valence-corrected chi connectivity index (χ4v) is 2.44. The van der Waals surface area contributed by atoms with Crippen molar-refractivity contribution in [2.75, 3.05) is 13.1 Å². The van der Waals surface area contributed by atoms with Gasteiger partial charge in [-0.15, -0.1) is 0 Å². The molecule has 1 aliphatic heterocycles. The first-order valence-corrected chi connectivity index (χ1v) is 6.35. The number of carbonyl (C=O) groups is 1. The highest BCUT2D eigenvalue weighted by Crippen LogP contribution is 2.28. The van der Waals surface area contributed by atoms with Crippen LogP contribution in [0.25, 0.3) is 0 Å². The summed E-state index contributed by atoms with van der Waals surface area (Å²) in [5.41, 5.74) is 0.393. The molecule has 19 heavy (non-hydrogen) atoms. The molecule has 0 radical (unpaired) electrons. The van der Waals surface area contributed by atoms with Crippen LogP contribution in [-0.4, -0.2) is 34.0 Å². The van der Waals surface area contributed by atoms with E-state index in [1.807, 2.05) is 0 Å². The Balaban J connectivity index is 1.72. The summed E-state index contributed by atoms with van der Waals surface area (Å²) in [5.74, 6) is 1.16. The molecule has 0 saturated carbocycles. The smallest absolute Gasteiger partial charge is 0.258 e. The molecular formula is C12H12ClN3O3. The van der Waals surface area contributed by atoms with E-state index in [-0.39, 0.29) is 17.0 Å². The highest BCUT2D eigenvalue weighted by molar-refractivity contribution is 6.32. The Morgan fingerprint density at radius 2 is 2.42 bits per heavy atom. The molecule has 1 saturated heterocycles. The van der Waals surface area contributed by atoms with Crippen LogP contribution in [0.3, 0.4) is 0 Å². The maximum absolute atomic E-state index is 12.2. The van der Waals surface area contributed by atoms with E-state index in [4.69, 9.17) is 20.5 Å². The average molecular weight is 282 g/mol. The van der Waals surface area contributed by atoms with Gasteiger partial charge in [0.2, 0.25) is 11.1 Å². The van der Waals surface area contributed by atoms with E-state index in [9.17, 15) is 4.79 Å². The summed E-state index contributed by atoms with van der Waals surface area (Å²) in [6, 6.07) is 1.58. The molecule has 3 heterocycles. The molecule has 0 unspecified atom stereocenters. The molecule has 7 heteroatoms. The Kier molecular flexibility index (Phi) is 3.02. The monoisotopic (exact) mass is 281 g/mol. The van der Waals surface area contributed by atoms with Crippen LogP contribution in [0.15, 0.2) is 21.3 Å². The van der Waals surface area contributed by atoms with Gasteiger partial charge in [0, 0.05) is 13.1 Å². The molecule has 0 spiro atoms. The van der Waals surface area contributed by atoms with Crippen molar-refractivity contribution in [3.8, 4) is 0 Å². The number of hydrogen-bond acceptors (Lipinski definition) is 5. The number of hydrogen-bond donors (Lipinski definition) is 0. The molecule has 2 aromatic rings. The van der Waals surface area contributed by atoms with E-state index in [0.717, 1.165) is 6.42 Å². The summed E-state index contributed by atoms with van der Waals surface area (Å²) in [6.07, 6.45) is 2.22. The van der Waals surface area contributed by atoms with Crippen LogP contribution in [-0.2, 0) is 0 Å². The number of halogens is 1. The molecule has 0 aliphatic carbocycles. The summed E-state index contributed by atoms with van der Waals surface area (Å²) in [5, 5.41) is 3.90. The van der Waals surface area contributed by atoms with Crippen LogP contribution >= 0.6 is 11.6 Å². The largest absolute Gasteiger partial charge is 0.452 e. The van der Waals surface area contributed by atoms with E-state index in [0.29, 0.717) is 30.4 Å². The summed E-state index contributed by atoms with van der Waals surface area (Å²) in [7, 11) is 0. The number of carbonyl (C=O) groups excluding carboxylic acids is 1. The molecule has 0 N–H and O–H groups in total. The average Bonchev–Trinajstić information content (AvgIpc) is 3.07. The standard InChI is InChI=1S/C12H12ClN3O3/c1-7-14-11(19-15-7)8-2-4-16(6-8)12(17)9-3-5-18-10(9)13/h3,5,8H,2,4,6H2,1H3/t8-/m0/s1. The van der Waals surface area contributed by atoms with Crippen molar-refractivity contribution >= 4 is 17.5 Å². The topological polar surface area (TPSA) is 72.4 Å². The molecule has 1 aliphatic rings. The van der Waals surface area contributed by atoms with Crippen LogP contribution in [0.2, 0.25) is 5.22 Å². The zero-order valence-corrected chi connectivity index (χ0v) is 11.1. The van der Waals surface area contributed by atoms with Crippen LogP contribution in [0.5, 0.6) is 0 Å². The molecule has 1 fully saturated rings. The second-order valence-corrected chi connectivity index (χ2v) is 4.87. The Labute approximate surface area is 114 Å². The summed E-state index contributed by atoms with van der Waals surface area (Å²) in [6.45, 7) is 2.98. The minimum absolute atomic E-state index is 0.0934. The normalized spacial score (nSPS) is 19.1. The van der Waals surface area contributed by atoms with Crippen molar-refractivity contribution in [2.24, 2.45) is 0 Å². The highest BCUT2D eigenvalue weighted by atomic mass is 35.5. The number of rotatable bonds is 2. The van der Waals surface area contributed by atoms with Gasteiger partial charge in [0.05, 0.1) is 17.7 Å². The van der Waals surface area contributed by atoms with Crippen molar-refractivity contribution in [3.05, 3.63) is 34.8 Å². The Morgan fingerprint density at radius 1 is 1.58 bits per heavy atom. The van der Waals surface area contributed by atoms with Gasteiger partial charge in [-0.2, -0.15) is 4.98 Å². The zero-order chi connectivity index (χ0) is 13.4. The number of nitrogens with zero attached hydrogens (tertiary/aromatic N) is 3. The SMILES string of the molecule is Cc1noc([C@H]2CCN(C(=O)c3ccoc3Cl)C2)n1. The highest BCUT2D eigenvalue weighted by Gasteiger charge is 2.32. The Bertz CT molecular complexity index is 607. The van der Waals surface area contributed by atoms with Crippen molar-refractivity contribution in [1.82, 2.24) is 15.0 Å². The summed E-state index contributed by atoms with van der Waals surface area (Å²) >= 11 is 5.81. The number of aromatic nitrogens is 2. The Hall–Kier alpha value is -1.82. The third-order valence-corrected chi connectivity index (χ3v) is 3.51. The van der Waals surface area contributed by atoms with Crippen molar-refractivity contribution < 1.29 is 13.7 Å². The third kappa shape index (κ3) is 2.23. The van der Waals surface area contributed by atoms with Gasteiger partial charge in [0.15, 0.2) is 5.82 Å². The van der Waals surface area contributed by atoms with Crippen LogP contribution < -0.4 is 0 Å². The van der Waals surface area contributed by atoms with Crippen molar-refractivity contribution in [3.63, 3.8) is 0 Å². The first-order valence-electron chi connectivity index (χ1n) is 5.97. The lowest BCUT2D eigenvalue weighted by Crippen LogP contribution is -2.28. The number of amides is 1. The van der Waals surface area contributed by atoms with E-state index in [2.05, 4.69) is 10.1 Å². The van der Waals surface area contributed by atoms with E-state index >= 15 is 0 Å². The number of furan rings is 1. The fraction of sp³-hybridized carbons (Fsp3) is 0.417. The van der Waals surface area contributed by atoms with Crippen LogP contribution in [0, 0.1) is 6.92 Å². The van der Waals surface area contributed by atoms with Gasteiger partial charge in [-0.1, -0.05) is 5.16 Å². The second-order valence-electron chi connectivity index (χ2n) is 4.52. The molecule has 1 amide bonds. The molecule has 1 atom stereocenters. The maximum Gasteiger partial charge on any atom is 0.258 e. The molecular weight excluding hydrogens is 270 g/mol. The minimum atomic E-state index is -0.127. The molecule has 2 aromatic heterocycles. The number of aryl methyl sites for hydroxylation is 1. The van der Waals surface area contributed by atoms with E-state index in [1.54, 1.807) is 17.9 Å². The van der Waals surface area contributed by atoms with Crippen molar-refractivity contribution in [2.45, 2.75) is 19.3 Å². The van der Waals surface area contributed by atoms with Gasteiger partial charge in [0.1, 0.15) is 0 Å². The molecule has 6 nitrogen and oxygen atoms in total. The first-order chi connectivity index (χ1) is 9.15. The maximum atomic E-state index is 12.2. The summed E-state index contributed by atoms with van der Waals surface area (Å²) < 4.78 is 10.1. The van der Waals surface area contributed by atoms with Gasteiger partial charge in [-0.3, -0.25) is 4.79 Å². The van der Waals surface area contributed by atoms with Crippen LogP contribution in [0.4, 0.5) is 0 Å². The molecule has 3 rings (SSSR count). The molecule has 0 aromatic carbocycles. The molecule has 100 valence electrons. The van der Waals surface area contributed by atoms with Gasteiger partial charge >= 0.3 is 0 Å². The van der Waals surface area contributed by atoms with Gasteiger partial charge in [0.25, 0.3) is 5.91 Å². The second kappa shape index (κ2) is 4.70. The fourth-order valence-electron chi connectivity index (χ4n) is 2.24. The quantitative estimate of drug-likeness (QED) is 0.844. The Morgan fingerprint density at radius 3 is 3.05 bits per heavy atom. The van der Waals surface area contributed by atoms with Gasteiger partial charge in [-0.25, -0.2) is 0 Å². The zero-order valence-electron chi connectivity index (χ0n) is 10.3. The third-order valence-electron chi connectivity index (χ3n) is 3.22. The van der Waals surface area contributed by atoms with E-state index < -0.39 is 0 Å². The van der Waals surface area contributed by atoms with Gasteiger partial charge < -0.3 is 13.8 Å². The molecule has 0 bridgehead atoms. The number of likely N-dealkylation sites (tertiary alicyclic amines) is 1. The predicted molar refractivity (Wildman–Crippen MR) is 66.0 cm³/mol. The lowest BCUT2D eigenvalue weighted by molar-refractivity contribution is 0.0789. The van der Waals surface area contributed by atoms with Crippen LogP contribution in [0.1, 0.15) is 34.4 Å². The minimum Gasteiger partial charge on any atom is -0.452 e.